The molecule has 11 nitrogen and oxygen atoms in total. The van der Waals surface area contributed by atoms with Crippen molar-refractivity contribution in [3.05, 3.63) is 58.7 Å². The second-order valence-electron chi connectivity index (χ2n) is 11.9. The van der Waals surface area contributed by atoms with E-state index in [9.17, 15) is 14.4 Å². The van der Waals surface area contributed by atoms with E-state index in [4.69, 9.17) is 29.2 Å². The Morgan fingerprint density at radius 3 is 1.74 bits per heavy atom. The van der Waals surface area contributed by atoms with Crippen molar-refractivity contribution in [2.45, 2.75) is 63.3 Å². The van der Waals surface area contributed by atoms with Crippen LogP contribution < -0.4 is 18.9 Å². The van der Waals surface area contributed by atoms with E-state index in [0.29, 0.717) is 30.5 Å². The van der Waals surface area contributed by atoms with Gasteiger partial charge < -0.3 is 34.1 Å². The van der Waals surface area contributed by atoms with Crippen molar-refractivity contribution in [1.82, 2.24) is 9.80 Å². The van der Waals surface area contributed by atoms with Gasteiger partial charge in [0.05, 0.1) is 28.4 Å². The van der Waals surface area contributed by atoms with Crippen LogP contribution in [0.4, 0.5) is 0 Å². The smallest absolute Gasteiger partial charge is 0.328 e. The molecule has 2 aliphatic carbocycles. The molecule has 5 rings (SSSR count). The minimum absolute atomic E-state index is 0.264. The van der Waals surface area contributed by atoms with Gasteiger partial charge in [-0.05, 0) is 78.6 Å². The second kappa shape index (κ2) is 16.4. The number of carbonyl (C=O) groups excluding carboxylic acids is 1. The molecule has 0 saturated heterocycles. The molecular weight excluding hydrogens is 592 g/mol. The van der Waals surface area contributed by atoms with Gasteiger partial charge in [-0.15, -0.1) is 0 Å². The summed E-state index contributed by atoms with van der Waals surface area (Å²) in [4.78, 5) is 37.2. The average Bonchev–Trinajstić information content (AvgIpc) is 3.50. The number of aliphatic carboxylic acids is 2. The second-order valence-corrected chi connectivity index (χ2v) is 11.9. The molecule has 0 unspecified atom stereocenters. The molecule has 1 atom stereocenters. The van der Waals surface area contributed by atoms with Crippen LogP contribution in [0, 0.1) is 0 Å². The van der Waals surface area contributed by atoms with Crippen LogP contribution in [0.15, 0.2) is 36.4 Å². The number of nitrogens with zero attached hydrogens (tertiary/aromatic N) is 2. The number of ether oxygens (including phenoxy) is 4. The van der Waals surface area contributed by atoms with Crippen LogP contribution in [-0.4, -0.2) is 98.5 Å². The number of hydrogen-bond acceptors (Lipinski definition) is 8. The molecule has 2 N–H and O–H groups in total. The Balaban J connectivity index is 0.000000533. The van der Waals surface area contributed by atoms with Crippen molar-refractivity contribution in [2.24, 2.45) is 0 Å². The Bertz CT molecular complexity index is 1370. The molecule has 0 bridgehead atoms. The molecule has 0 spiro atoms. The van der Waals surface area contributed by atoms with Crippen molar-refractivity contribution in [3.63, 3.8) is 0 Å². The number of methoxy groups -OCH3 is 4. The first-order valence-electron chi connectivity index (χ1n) is 15.8. The first-order valence-corrected chi connectivity index (χ1v) is 15.8. The highest BCUT2D eigenvalue weighted by Crippen LogP contribution is 2.43. The van der Waals surface area contributed by atoms with Gasteiger partial charge in [0.15, 0.2) is 23.0 Å². The van der Waals surface area contributed by atoms with Crippen molar-refractivity contribution in [3.8, 4) is 23.0 Å². The Morgan fingerprint density at radius 2 is 1.26 bits per heavy atom. The number of fused-ring (bicyclic) bond motifs is 2. The maximum absolute atomic E-state index is 13.4. The fourth-order valence-electron chi connectivity index (χ4n) is 6.72. The molecule has 0 aromatic heterocycles. The van der Waals surface area contributed by atoms with E-state index in [-0.39, 0.29) is 5.91 Å². The minimum atomic E-state index is -1.26. The molecule has 2 aromatic rings. The summed E-state index contributed by atoms with van der Waals surface area (Å²) in [5.41, 5.74) is 5.23. The highest BCUT2D eigenvalue weighted by atomic mass is 16.5. The quantitative estimate of drug-likeness (QED) is 0.324. The van der Waals surface area contributed by atoms with E-state index in [1.807, 2.05) is 0 Å². The Hall–Kier alpha value is -4.25. The summed E-state index contributed by atoms with van der Waals surface area (Å²) in [6.45, 7) is 3.34. The van der Waals surface area contributed by atoms with E-state index in [1.54, 1.807) is 28.4 Å². The Kier molecular flexibility index (Phi) is 12.3. The van der Waals surface area contributed by atoms with Gasteiger partial charge in [-0.1, -0.05) is 12.8 Å². The predicted octanol–water partition coefficient (Wildman–Crippen LogP) is 4.33. The fraction of sp³-hybridized carbons (Fsp3) is 0.514. The number of hydrogen-bond donors (Lipinski definition) is 2. The predicted molar refractivity (Wildman–Crippen MR) is 172 cm³/mol. The zero-order valence-electron chi connectivity index (χ0n) is 27.3. The standard InChI is InChI=1S/C31H42N2O5.C4H4O4/c1-35-27-16-21-9-12-32(13-10-22(21)17-28(27)36-2)31(34)11-14-33(25-7-5-6-8-25)20-24-15-23-18-29(37-3)30(38-4)19-26(23)24;5-3(6)1-2-4(7)8/h16-19,24-25H,5-15,20H2,1-4H3;1-2H,(H,5,6)(H,7,8)/b;2-1+/t24-;/m1./s1. The van der Waals surface area contributed by atoms with Gasteiger partial charge >= 0.3 is 11.9 Å². The van der Waals surface area contributed by atoms with Gasteiger partial charge in [0, 0.05) is 56.7 Å². The molecule has 250 valence electrons. The van der Waals surface area contributed by atoms with Crippen LogP contribution in [-0.2, 0) is 33.6 Å². The van der Waals surface area contributed by atoms with E-state index in [2.05, 4.69) is 34.1 Å². The third-order valence-electron chi connectivity index (χ3n) is 9.19. The summed E-state index contributed by atoms with van der Waals surface area (Å²) in [6.07, 6.45) is 9.50. The van der Waals surface area contributed by atoms with Crippen molar-refractivity contribution in [1.29, 1.82) is 0 Å². The summed E-state index contributed by atoms with van der Waals surface area (Å²) in [5, 5.41) is 15.6. The van der Waals surface area contributed by atoms with E-state index in [0.717, 1.165) is 68.4 Å². The lowest BCUT2D eigenvalue weighted by atomic mass is 9.76. The molecule has 11 heteroatoms. The van der Waals surface area contributed by atoms with Gasteiger partial charge in [-0.25, -0.2) is 9.59 Å². The molecule has 1 saturated carbocycles. The van der Waals surface area contributed by atoms with Gasteiger partial charge in [-0.3, -0.25) is 9.69 Å². The molecule has 1 heterocycles. The molecule has 1 fully saturated rings. The first kappa shape index (κ1) is 34.6. The summed E-state index contributed by atoms with van der Waals surface area (Å²) < 4.78 is 22.0. The Labute approximate surface area is 270 Å². The molecular formula is C35H46N2O9. The summed E-state index contributed by atoms with van der Waals surface area (Å²) in [6, 6.07) is 9.01. The van der Waals surface area contributed by atoms with E-state index >= 15 is 0 Å². The summed E-state index contributed by atoms with van der Waals surface area (Å²) >= 11 is 0. The van der Waals surface area contributed by atoms with Crippen LogP contribution in [0.3, 0.4) is 0 Å². The van der Waals surface area contributed by atoms with Gasteiger partial charge in [0.2, 0.25) is 5.91 Å². The SMILES string of the molecule is COc1cc2c(cc1OC)CCN(C(=O)CCN(C[C@H]1Cc3cc(OC)c(OC)cc31)C1CCCC1)CC2.O=C(O)/C=C/C(=O)O. The lowest BCUT2D eigenvalue weighted by Gasteiger charge is -2.38. The van der Waals surface area contributed by atoms with Crippen molar-refractivity contribution < 1.29 is 43.5 Å². The normalized spacial score (nSPS) is 17.2. The molecule has 3 aliphatic rings. The first-order chi connectivity index (χ1) is 22.2. The number of carboxylic acid groups (broad SMARTS) is 2. The largest absolute Gasteiger partial charge is 0.493 e. The van der Waals surface area contributed by atoms with Gasteiger partial charge in [0.1, 0.15) is 0 Å². The minimum Gasteiger partial charge on any atom is -0.493 e. The van der Waals surface area contributed by atoms with Crippen LogP contribution in [0.1, 0.15) is 60.3 Å². The lowest BCUT2D eigenvalue weighted by molar-refractivity contribution is -0.134. The Morgan fingerprint density at radius 1 is 0.783 bits per heavy atom. The van der Waals surface area contributed by atoms with Gasteiger partial charge in [0.25, 0.3) is 0 Å². The highest BCUT2D eigenvalue weighted by molar-refractivity contribution is 5.89. The fourth-order valence-corrected chi connectivity index (χ4v) is 6.72. The van der Waals surface area contributed by atoms with Crippen LogP contribution in [0.25, 0.3) is 0 Å². The van der Waals surface area contributed by atoms with E-state index < -0.39 is 11.9 Å². The molecule has 2 aromatic carbocycles. The van der Waals surface area contributed by atoms with E-state index in [1.165, 1.54) is 47.9 Å². The van der Waals surface area contributed by atoms with Crippen molar-refractivity contribution in [2.75, 3.05) is 54.6 Å². The zero-order valence-corrected chi connectivity index (χ0v) is 27.3. The summed E-state index contributed by atoms with van der Waals surface area (Å²) in [5.74, 6) is 1.35. The third-order valence-corrected chi connectivity index (χ3v) is 9.19. The number of amides is 1. The molecule has 0 radical (unpaired) electrons. The monoisotopic (exact) mass is 638 g/mol. The number of carboxylic acids is 2. The maximum Gasteiger partial charge on any atom is 0.328 e. The van der Waals surface area contributed by atoms with Crippen LogP contribution >= 0.6 is 0 Å². The molecule has 1 amide bonds. The topological polar surface area (TPSA) is 135 Å². The number of rotatable bonds is 12. The molecule has 46 heavy (non-hydrogen) atoms. The van der Waals surface area contributed by atoms with Crippen molar-refractivity contribution >= 4 is 17.8 Å². The lowest BCUT2D eigenvalue weighted by Crippen LogP contribution is -2.42. The van der Waals surface area contributed by atoms with Gasteiger partial charge in [-0.2, -0.15) is 0 Å². The van der Waals surface area contributed by atoms with Crippen LogP contribution in [0.5, 0.6) is 23.0 Å². The average molecular weight is 639 g/mol. The highest BCUT2D eigenvalue weighted by Gasteiger charge is 2.33. The number of carbonyl (C=O) groups is 3. The zero-order chi connectivity index (χ0) is 33.2. The number of benzene rings is 2. The molecule has 1 aliphatic heterocycles. The van der Waals surface area contributed by atoms with Crippen LogP contribution in [0.2, 0.25) is 0 Å². The third kappa shape index (κ3) is 8.72. The summed E-state index contributed by atoms with van der Waals surface area (Å²) in [7, 11) is 6.73. The maximum atomic E-state index is 13.4.